The molecule has 2 aromatic rings. The van der Waals surface area contributed by atoms with Crippen LogP contribution < -0.4 is 4.72 Å². The molecule has 0 amide bonds. The minimum absolute atomic E-state index is 0.134. The number of aromatic nitrogens is 1. The second-order valence-electron chi connectivity index (χ2n) is 5.10. The zero-order valence-corrected chi connectivity index (χ0v) is 13.9. The number of rotatable bonds is 7. The van der Waals surface area contributed by atoms with Gasteiger partial charge in [-0.3, -0.25) is 8.91 Å². The maximum atomic E-state index is 11.2. The van der Waals surface area contributed by atoms with Gasteiger partial charge in [0.1, 0.15) is 0 Å². The highest BCUT2D eigenvalue weighted by molar-refractivity contribution is 7.92. The van der Waals surface area contributed by atoms with Gasteiger partial charge in [0.2, 0.25) is 10.0 Å². The molecule has 0 bridgehead atoms. The lowest BCUT2D eigenvalue weighted by molar-refractivity contribution is 0.315. The molecule has 1 aromatic carbocycles. The van der Waals surface area contributed by atoms with Crippen LogP contribution in [0.5, 0.6) is 0 Å². The minimum atomic E-state index is -3.40. The summed E-state index contributed by atoms with van der Waals surface area (Å²) in [7, 11) is -6.71. The number of hydrogen-bond acceptors (Lipinski definition) is 5. The Morgan fingerprint density at radius 2 is 1.86 bits per heavy atom. The summed E-state index contributed by atoms with van der Waals surface area (Å²) in [5.41, 5.74) is 2.32. The first-order valence-corrected chi connectivity index (χ1v) is 10.3. The molecule has 0 aliphatic rings. The van der Waals surface area contributed by atoms with Crippen LogP contribution in [0.1, 0.15) is 12.1 Å². The van der Waals surface area contributed by atoms with Gasteiger partial charge in [0.05, 0.1) is 19.1 Å². The molecule has 0 radical (unpaired) electrons. The molecule has 2 rings (SSSR count). The molecule has 7 nitrogen and oxygen atoms in total. The van der Waals surface area contributed by atoms with Gasteiger partial charge in [0.15, 0.2) is 0 Å². The van der Waals surface area contributed by atoms with Crippen LogP contribution in [0.4, 0.5) is 5.69 Å². The summed E-state index contributed by atoms with van der Waals surface area (Å²) in [5.74, 6) is 0. The molecule has 0 fully saturated rings. The van der Waals surface area contributed by atoms with Crippen molar-refractivity contribution in [2.45, 2.75) is 12.8 Å². The third kappa shape index (κ3) is 5.32. The molecular weight excluding hydrogens is 328 g/mol. The lowest BCUT2D eigenvalue weighted by Crippen LogP contribution is -2.09. The molecule has 0 saturated carbocycles. The van der Waals surface area contributed by atoms with Crippen LogP contribution in [0.2, 0.25) is 0 Å². The highest BCUT2D eigenvalue weighted by atomic mass is 32.2. The predicted molar refractivity (Wildman–Crippen MR) is 85.9 cm³/mol. The Labute approximate surface area is 129 Å². The topological polar surface area (TPSA) is 105 Å². The van der Waals surface area contributed by atoms with E-state index < -0.39 is 20.1 Å². The second-order valence-corrected chi connectivity index (χ2v) is 8.49. The van der Waals surface area contributed by atoms with Crippen molar-refractivity contribution < 1.29 is 21.0 Å². The highest BCUT2D eigenvalue weighted by Crippen LogP contribution is 2.21. The maximum absolute atomic E-state index is 11.2. The van der Waals surface area contributed by atoms with E-state index in [-0.39, 0.29) is 6.61 Å². The average Bonchev–Trinajstić information content (AvgIpc) is 2.73. The summed E-state index contributed by atoms with van der Waals surface area (Å²) in [6.45, 7) is 0.134. The molecule has 1 heterocycles. The zero-order chi connectivity index (χ0) is 16.4. The number of aromatic amines is 1. The average molecular weight is 346 g/mol. The second kappa shape index (κ2) is 6.27. The number of H-pyrrole nitrogens is 1. The minimum Gasteiger partial charge on any atom is -0.358 e. The fourth-order valence-corrected chi connectivity index (χ4v) is 3.05. The lowest BCUT2D eigenvalue weighted by atomic mass is 10.2. The third-order valence-corrected chi connectivity index (χ3v) is 4.07. The number of hydrogen-bond donors (Lipinski definition) is 2. The van der Waals surface area contributed by atoms with Gasteiger partial charge in [-0.15, -0.1) is 0 Å². The predicted octanol–water partition coefficient (Wildman–Crippen LogP) is 1.45. The highest BCUT2D eigenvalue weighted by Gasteiger charge is 2.06. The van der Waals surface area contributed by atoms with E-state index in [1.807, 2.05) is 6.07 Å². The molecule has 122 valence electrons. The van der Waals surface area contributed by atoms with E-state index >= 15 is 0 Å². The first-order valence-electron chi connectivity index (χ1n) is 6.56. The van der Waals surface area contributed by atoms with Crippen LogP contribution in [-0.2, 0) is 30.7 Å². The summed E-state index contributed by atoms with van der Waals surface area (Å²) in [6.07, 6.45) is 3.32. The first kappa shape index (κ1) is 16.8. The number of sulfonamides is 1. The van der Waals surface area contributed by atoms with Crippen LogP contribution in [-0.4, -0.2) is 40.9 Å². The monoisotopic (exact) mass is 346 g/mol. The van der Waals surface area contributed by atoms with E-state index in [1.165, 1.54) is 0 Å². The molecule has 9 heteroatoms. The zero-order valence-electron chi connectivity index (χ0n) is 12.3. The van der Waals surface area contributed by atoms with Crippen LogP contribution >= 0.6 is 0 Å². The van der Waals surface area contributed by atoms with Gasteiger partial charge in [-0.2, -0.15) is 8.42 Å². The van der Waals surface area contributed by atoms with Gasteiger partial charge in [0.25, 0.3) is 10.1 Å². The van der Waals surface area contributed by atoms with Crippen molar-refractivity contribution in [1.82, 2.24) is 4.98 Å². The van der Waals surface area contributed by atoms with Crippen LogP contribution in [0, 0.1) is 0 Å². The van der Waals surface area contributed by atoms with Crippen molar-refractivity contribution in [2.75, 3.05) is 23.8 Å². The number of nitrogens with one attached hydrogen (secondary N) is 2. The van der Waals surface area contributed by atoms with E-state index in [0.717, 1.165) is 29.1 Å². The van der Waals surface area contributed by atoms with Gasteiger partial charge < -0.3 is 4.98 Å². The van der Waals surface area contributed by atoms with E-state index in [4.69, 9.17) is 0 Å². The molecule has 0 saturated heterocycles. The van der Waals surface area contributed by atoms with Crippen molar-refractivity contribution in [1.29, 1.82) is 0 Å². The maximum Gasteiger partial charge on any atom is 0.264 e. The summed E-state index contributed by atoms with van der Waals surface area (Å²) in [6, 6.07) is 7.11. The van der Waals surface area contributed by atoms with Gasteiger partial charge in [-0.05, 0) is 37.1 Å². The molecule has 0 unspecified atom stereocenters. The number of fused-ring (bicyclic) bond motifs is 1. The number of anilines is 1. The van der Waals surface area contributed by atoms with Gasteiger partial charge in [-0.25, -0.2) is 8.42 Å². The van der Waals surface area contributed by atoms with Crippen LogP contribution in [0.3, 0.4) is 0 Å². The Morgan fingerprint density at radius 3 is 2.50 bits per heavy atom. The van der Waals surface area contributed by atoms with E-state index in [0.29, 0.717) is 18.5 Å². The van der Waals surface area contributed by atoms with E-state index in [1.54, 1.807) is 18.2 Å². The normalized spacial score (nSPS) is 12.6. The van der Waals surface area contributed by atoms with Crippen molar-refractivity contribution >= 4 is 36.7 Å². The van der Waals surface area contributed by atoms with Crippen LogP contribution in [0.25, 0.3) is 10.9 Å². The van der Waals surface area contributed by atoms with Crippen molar-refractivity contribution in [3.05, 3.63) is 30.0 Å². The largest absolute Gasteiger partial charge is 0.358 e. The van der Waals surface area contributed by atoms with Crippen molar-refractivity contribution in [3.63, 3.8) is 0 Å². The van der Waals surface area contributed by atoms with Gasteiger partial charge in [-0.1, -0.05) is 0 Å². The Hall–Kier alpha value is -1.58. The Morgan fingerprint density at radius 1 is 1.14 bits per heavy atom. The first-order chi connectivity index (χ1) is 10.1. The number of aryl methyl sites for hydroxylation is 1. The fraction of sp³-hybridized carbons (Fsp3) is 0.385. The molecule has 0 spiro atoms. The SMILES string of the molecule is CS(=O)(=O)Nc1ccc2[nH]c(CCCOS(C)(=O)=O)cc2c1. The molecular formula is C13H18N2O5S2. The van der Waals surface area contributed by atoms with Crippen molar-refractivity contribution in [3.8, 4) is 0 Å². The summed E-state index contributed by atoms with van der Waals surface area (Å²) >= 11 is 0. The smallest absolute Gasteiger partial charge is 0.264 e. The molecule has 0 aliphatic carbocycles. The molecule has 0 aliphatic heterocycles. The fourth-order valence-electron chi connectivity index (χ4n) is 2.08. The molecule has 1 aromatic heterocycles. The summed E-state index contributed by atoms with van der Waals surface area (Å²) < 4.78 is 51.2. The standard InChI is InChI=1S/C13H18N2O5S2/c1-21(16,17)15-12-5-6-13-10(9-12)8-11(14-13)4-3-7-20-22(2,18)19/h5-6,8-9,14-15H,3-4,7H2,1-2H3. The summed E-state index contributed by atoms with van der Waals surface area (Å²) in [4.78, 5) is 3.20. The lowest BCUT2D eigenvalue weighted by Gasteiger charge is -2.02. The molecule has 0 atom stereocenters. The number of benzene rings is 1. The summed E-state index contributed by atoms with van der Waals surface area (Å²) in [5, 5.41) is 0.882. The molecule has 22 heavy (non-hydrogen) atoms. The van der Waals surface area contributed by atoms with Crippen LogP contribution in [0.15, 0.2) is 24.3 Å². The van der Waals surface area contributed by atoms with E-state index in [2.05, 4.69) is 13.9 Å². The third-order valence-electron chi connectivity index (χ3n) is 2.87. The van der Waals surface area contributed by atoms with Gasteiger partial charge in [0, 0.05) is 22.3 Å². The van der Waals surface area contributed by atoms with E-state index in [9.17, 15) is 16.8 Å². The quantitative estimate of drug-likeness (QED) is 0.583. The Balaban J connectivity index is 2.04. The van der Waals surface area contributed by atoms with Crippen molar-refractivity contribution in [2.24, 2.45) is 0 Å². The Bertz CT molecular complexity index is 869. The van der Waals surface area contributed by atoms with Gasteiger partial charge >= 0.3 is 0 Å². The molecule has 2 N–H and O–H groups in total. The Kier molecular flexibility index (Phi) is 4.78.